The Morgan fingerprint density at radius 1 is 1.04 bits per heavy atom. The first-order valence-electron chi connectivity index (χ1n) is 9.54. The van der Waals surface area contributed by atoms with Crippen molar-refractivity contribution in [3.05, 3.63) is 12.2 Å². The zero-order valence-electron chi connectivity index (χ0n) is 17.0. The zero-order chi connectivity index (χ0) is 19.0. The first-order valence-corrected chi connectivity index (χ1v) is 9.54. The third-order valence-electron chi connectivity index (χ3n) is 5.83. The topological polar surface area (TPSA) is 57.5 Å². The molecule has 2 N–H and O–H groups in total. The molecule has 0 bridgehead atoms. The highest BCUT2D eigenvalue weighted by molar-refractivity contribution is 5.74. The summed E-state index contributed by atoms with van der Waals surface area (Å²) in [5.74, 6) is -0.243. The second-order valence-electron chi connectivity index (χ2n) is 8.63. The van der Waals surface area contributed by atoms with Gasteiger partial charge in [-0.2, -0.15) is 0 Å². The number of allylic oxidation sites excluding steroid dienone is 2. The van der Waals surface area contributed by atoms with E-state index in [2.05, 4.69) is 32.9 Å². The van der Waals surface area contributed by atoms with Crippen LogP contribution >= 0.6 is 0 Å². The van der Waals surface area contributed by atoms with Gasteiger partial charge in [-0.15, -0.1) is 0 Å². The van der Waals surface area contributed by atoms with Crippen molar-refractivity contribution in [1.29, 1.82) is 0 Å². The standard InChI is InChI=1S/C21H40O3/c1-8-19(5,16-20(6,9-2)18(22)23)14-12-11-13-17(4)15-21(7,24)10-3/h11-12,17,24H,8-10,13-16H2,1-7H3,(H,22,23)/b12-11-. The molecule has 0 aromatic carbocycles. The van der Waals surface area contributed by atoms with Crippen LogP contribution in [0.25, 0.3) is 0 Å². The van der Waals surface area contributed by atoms with E-state index in [4.69, 9.17) is 0 Å². The van der Waals surface area contributed by atoms with Gasteiger partial charge in [-0.1, -0.05) is 53.2 Å². The lowest BCUT2D eigenvalue weighted by molar-refractivity contribution is -0.150. The molecule has 0 spiro atoms. The van der Waals surface area contributed by atoms with Gasteiger partial charge in [-0.3, -0.25) is 4.79 Å². The summed E-state index contributed by atoms with van der Waals surface area (Å²) in [5.41, 5.74) is -1.21. The Labute approximate surface area is 149 Å². The Kier molecular flexibility index (Phi) is 9.27. The molecular formula is C21H40O3. The maximum Gasteiger partial charge on any atom is 0.309 e. The van der Waals surface area contributed by atoms with E-state index in [9.17, 15) is 15.0 Å². The minimum absolute atomic E-state index is 0.0117. The van der Waals surface area contributed by atoms with Crippen molar-refractivity contribution in [3.63, 3.8) is 0 Å². The summed E-state index contributed by atoms with van der Waals surface area (Å²) >= 11 is 0. The number of aliphatic carboxylic acids is 1. The van der Waals surface area contributed by atoms with Crippen LogP contribution in [0.3, 0.4) is 0 Å². The van der Waals surface area contributed by atoms with E-state index in [1.54, 1.807) is 0 Å². The Morgan fingerprint density at radius 3 is 2.04 bits per heavy atom. The van der Waals surface area contributed by atoms with Crippen LogP contribution in [0.4, 0.5) is 0 Å². The molecule has 0 heterocycles. The average Bonchev–Trinajstić information content (AvgIpc) is 2.51. The lowest BCUT2D eigenvalue weighted by atomic mass is 9.68. The van der Waals surface area contributed by atoms with Crippen molar-refractivity contribution in [2.24, 2.45) is 16.7 Å². The van der Waals surface area contributed by atoms with E-state index < -0.39 is 17.0 Å². The fourth-order valence-electron chi connectivity index (χ4n) is 3.31. The van der Waals surface area contributed by atoms with Crippen LogP contribution in [0.5, 0.6) is 0 Å². The second kappa shape index (κ2) is 9.60. The van der Waals surface area contributed by atoms with E-state index in [1.807, 2.05) is 27.7 Å². The summed E-state index contributed by atoms with van der Waals surface area (Å²) < 4.78 is 0. The molecule has 0 aliphatic rings. The quantitative estimate of drug-likeness (QED) is 0.440. The van der Waals surface area contributed by atoms with E-state index in [0.717, 1.165) is 32.1 Å². The van der Waals surface area contributed by atoms with Crippen LogP contribution in [0, 0.1) is 16.7 Å². The van der Waals surface area contributed by atoms with Crippen LogP contribution < -0.4 is 0 Å². The van der Waals surface area contributed by atoms with E-state index >= 15 is 0 Å². The lowest BCUT2D eigenvalue weighted by Gasteiger charge is -2.35. The molecule has 0 aliphatic heterocycles. The molecule has 0 rings (SSSR count). The number of carboxylic acids is 1. The zero-order valence-corrected chi connectivity index (χ0v) is 17.0. The van der Waals surface area contributed by atoms with Crippen LogP contribution in [0.1, 0.15) is 93.4 Å². The molecule has 0 saturated heterocycles. The monoisotopic (exact) mass is 340 g/mol. The van der Waals surface area contributed by atoms with Gasteiger partial charge in [-0.25, -0.2) is 0 Å². The Bertz CT molecular complexity index is 413. The highest BCUT2D eigenvalue weighted by Gasteiger charge is 2.38. The molecule has 0 aromatic rings. The Hall–Kier alpha value is -0.830. The highest BCUT2D eigenvalue weighted by atomic mass is 16.4. The molecule has 0 aliphatic carbocycles. The van der Waals surface area contributed by atoms with Crippen LogP contribution in [0.15, 0.2) is 12.2 Å². The van der Waals surface area contributed by atoms with Gasteiger partial charge in [-0.05, 0) is 63.7 Å². The molecule has 4 unspecified atom stereocenters. The minimum atomic E-state index is -0.691. The van der Waals surface area contributed by atoms with Crippen LogP contribution in [-0.4, -0.2) is 21.8 Å². The molecule has 3 nitrogen and oxygen atoms in total. The van der Waals surface area contributed by atoms with Gasteiger partial charge in [0.2, 0.25) is 0 Å². The molecule has 24 heavy (non-hydrogen) atoms. The number of rotatable bonds is 12. The summed E-state index contributed by atoms with van der Waals surface area (Å²) in [7, 11) is 0. The third kappa shape index (κ3) is 7.83. The summed E-state index contributed by atoms with van der Waals surface area (Å²) in [6.07, 6.45) is 10.2. The van der Waals surface area contributed by atoms with Crippen molar-refractivity contribution >= 4 is 5.97 Å². The number of carboxylic acid groups (broad SMARTS) is 1. The molecular weight excluding hydrogens is 300 g/mol. The van der Waals surface area contributed by atoms with Gasteiger partial charge in [0.15, 0.2) is 0 Å². The number of hydrogen-bond donors (Lipinski definition) is 2. The Balaban J connectivity index is 4.65. The highest BCUT2D eigenvalue weighted by Crippen LogP contribution is 2.41. The predicted molar refractivity (Wildman–Crippen MR) is 102 cm³/mol. The van der Waals surface area contributed by atoms with Crippen molar-refractivity contribution in [2.45, 2.75) is 99.0 Å². The molecule has 0 radical (unpaired) electrons. The second-order valence-corrected chi connectivity index (χ2v) is 8.63. The van der Waals surface area contributed by atoms with Gasteiger partial charge >= 0.3 is 5.97 Å². The number of aliphatic hydroxyl groups is 1. The van der Waals surface area contributed by atoms with Gasteiger partial charge in [0.1, 0.15) is 0 Å². The summed E-state index contributed by atoms with van der Waals surface area (Å²) in [6.45, 7) is 14.3. The van der Waals surface area contributed by atoms with E-state index in [1.165, 1.54) is 0 Å². The SMILES string of the molecule is CCC(C)(O)CC(C)C/C=C\CC(C)(CC)CC(C)(CC)C(=O)O. The third-order valence-corrected chi connectivity index (χ3v) is 5.83. The number of carbonyl (C=O) groups is 1. The van der Waals surface area contributed by atoms with Gasteiger partial charge in [0.25, 0.3) is 0 Å². The lowest BCUT2D eigenvalue weighted by Crippen LogP contribution is -2.33. The molecule has 142 valence electrons. The predicted octanol–water partition coefficient (Wildman–Crippen LogP) is 5.82. The first kappa shape index (κ1) is 23.2. The number of hydrogen-bond acceptors (Lipinski definition) is 2. The fraction of sp³-hybridized carbons (Fsp3) is 0.857. The maximum absolute atomic E-state index is 11.6. The van der Waals surface area contributed by atoms with Crippen LogP contribution in [-0.2, 0) is 4.79 Å². The van der Waals surface area contributed by atoms with Gasteiger partial charge < -0.3 is 10.2 Å². The molecule has 0 saturated carbocycles. The van der Waals surface area contributed by atoms with E-state index in [0.29, 0.717) is 18.8 Å². The molecule has 4 atom stereocenters. The summed E-state index contributed by atoms with van der Waals surface area (Å²) in [6, 6.07) is 0. The van der Waals surface area contributed by atoms with Crippen molar-refractivity contribution in [1.82, 2.24) is 0 Å². The summed E-state index contributed by atoms with van der Waals surface area (Å²) in [5, 5.41) is 19.7. The molecule has 3 heteroatoms. The van der Waals surface area contributed by atoms with Crippen LogP contribution in [0.2, 0.25) is 0 Å². The molecule has 0 aromatic heterocycles. The fourth-order valence-corrected chi connectivity index (χ4v) is 3.31. The van der Waals surface area contributed by atoms with Gasteiger partial charge in [0.05, 0.1) is 11.0 Å². The maximum atomic E-state index is 11.6. The normalized spacial score (nSPS) is 21.0. The molecule has 0 fully saturated rings. The van der Waals surface area contributed by atoms with Crippen molar-refractivity contribution in [3.8, 4) is 0 Å². The first-order chi connectivity index (χ1) is 10.9. The largest absolute Gasteiger partial charge is 0.481 e. The van der Waals surface area contributed by atoms with Gasteiger partial charge in [0, 0.05) is 0 Å². The average molecular weight is 341 g/mol. The Morgan fingerprint density at radius 2 is 1.62 bits per heavy atom. The molecule has 0 amide bonds. The smallest absolute Gasteiger partial charge is 0.309 e. The van der Waals surface area contributed by atoms with E-state index in [-0.39, 0.29) is 5.41 Å². The minimum Gasteiger partial charge on any atom is -0.481 e. The van der Waals surface area contributed by atoms with Crippen molar-refractivity contribution < 1.29 is 15.0 Å². The summed E-state index contributed by atoms with van der Waals surface area (Å²) in [4.78, 5) is 11.6. The van der Waals surface area contributed by atoms with Crippen molar-refractivity contribution in [2.75, 3.05) is 0 Å².